The molecular weight excluding hydrogens is 436 g/mol. The van der Waals surface area contributed by atoms with Crippen molar-refractivity contribution in [2.24, 2.45) is 0 Å². The van der Waals surface area contributed by atoms with Gasteiger partial charge in [0.05, 0.1) is 5.69 Å². The predicted octanol–water partition coefficient (Wildman–Crippen LogP) is 5.58. The highest BCUT2D eigenvalue weighted by atomic mass is 16.2. The second kappa shape index (κ2) is 12.6. The Morgan fingerprint density at radius 2 is 1.49 bits per heavy atom. The van der Waals surface area contributed by atoms with Crippen molar-refractivity contribution in [2.75, 3.05) is 18.2 Å². The third kappa shape index (κ3) is 5.88. The number of hydrogen-bond donors (Lipinski definition) is 3. The fourth-order valence-electron chi connectivity index (χ4n) is 3.90. The van der Waals surface area contributed by atoms with Crippen LogP contribution in [0.3, 0.4) is 0 Å². The summed E-state index contributed by atoms with van der Waals surface area (Å²) >= 11 is 0. The Morgan fingerprint density at radius 3 is 2.17 bits per heavy atom. The van der Waals surface area contributed by atoms with Crippen molar-refractivity contribution >= 4 is 29.1 Å². The second-order valence-corrected chi connectivity index (χ2v) is 7.46. The SMILES string of the molecule is C=O.CO.Nc1cncc(-c2cnc(NCc3ccccc3)c3c(-c4ccccc4)cccc23)c1. The van der Waals surface area contributed by atoms with E-state index in [1.165, 1.54) is 5.56 Å². The van der Waals surface area contributed by atoms with E-state index < -0.39 is 0 Å². The van der Waals surface area contributed by atoms with Gasteiger partial charge in [0.1, 0.15) is 12.6 Å². The molecule has 35 heavy (non-hydrogen) atoms. The van der Waals surface area contributed by atoms with Gasteiger partial charge in [-0.25, -0.2) is 4.98 Å². The number of aliphatic hydroxyl groups excluding tert-OH is 1. The number of fused-ring (bicyclic) bond motifs is 1. The van der Waals surface area contributed by atoms with Gasteiger partial charge < -0.3 is 21.0 Å². The molecule has 0 saturated carbocycles. The molecule has 0 spiro atoms. The van der Waals surface area contributed by atoms with E-state index in [2.05, 4.69) is 64.9 Å². The van der Waals surface area contributed by atoms with Crippen LogP contribution in [0.15, 0.2) is 104 Å². The molecule has 6 nitrogen and oxygen atoms in total. The maximum absolute atomic E-state index is 8.00. The Hall–Kier alpha value is -4.55. The number of pyridine rings is 2. The van der Waals surface area contributed by atoms with E-state index in [-0.39, 0.29) is 0 Å². The fourth-order valence-corrected chi connectivity index (χ4v) is 3.90. The smallest absolute Gasteiger partial charge is 0.134 e. The number of nitrogens with one attached hydrogen (secondary N) is 1. The number of carbonyl (C=O) groups excluding carboxylic acids is 1. The second-order valence-electron chi connectivity index (χ2n) is 7.46. The van der Waals surface area contributed by atoms with Gasteiger partial charge in [-0.1, -0.05) is 78.9 Å². The average Bonchev–Trinajstić information content (AvgIpc) is 2.94. The van der Waals surface area contributed by atoms with Crippen molar-refractivity contribution in [3.63, 3.8) is 0 Å². The van der Waals surface area contributed by atoms with E-state index in [4.69, 9.17) is 20.6 Å². The normalized spacial score (nSPS) is 9.89. The van der Waals surface area contributed by atoms with Gasteiger partial charge in [0.15, 0.2) is 0 Å². The van der Waals surface area contributed by atoms with Gasteiger partial charge >= 0.3 is 0 Å². The summed E-state index contributed by atoms with van der Waals surface area (Å²) in [5.74, 6) is 0.860. The van der Waals surface area contributed by atoms with Crippen LogP contribution >= 0.6 is 0 Å². The summed E-state index contributed by atoms with van der Waals surface area (Å²) in [5, 5.41) is 12.8. The molecule has 0 amide bonds. The predicted molar refractivity (Wildman–Crippen MR) is 144 cm³/mol. The minimum atomic E-state index is 0.635. The third-order valence-corrected chi connectivity index (χ3v) is 5.37. The molecule has 0 unspecified atom stereocenters. The lowest BCUT2D eigenvalue weighted by Gasteiger charge is -2.16. The number of nitrogen functional groups attached to an aromatic ring is 1. The van der Waals surface area contributed by atoms with Crippen molar-refractivity contribution in [1.29, 1.82) is 0 Å². The molecule has 0 saturated heterocycles. The molecule has 0 aliphatic rings. The van der Waals surface area contributed by atoms with Gasteiger partial charge in [-0.15, -0.1) is 0 Å². The average molecular weight is 465 g/mol. The Bertz CT molecular complexity index is 1360. The van der Waals surface area contributed by atoms with Gasteiger partial charge in [-0.2, -0.15) is 0 Å². The van der Waals surface area contributed by atoms with Crippen LogP contribution < -0.4 is 11.1 Å². The Kier molecular flexibility index (Phi) is 9.05. The zero-order valence-corrected chi connectivity index (χ0v) is 19.6. The summed E-state index contributed by atoms with van der Waals surface area (Å²) < 4.78 is 0. The van der Waals surface area contributed by atoms with E-state index >= 15 is 0 Å². The molecule has 5 rings (SSSR count). The van der Waals surface area contributed by atoms with Crippen molar-refractivity contribution in [3.05, 3.63) is 109 Å². The Labute approximate surface area is 205 Å². The summed E-state index contributed by atoms with van der Waals surface area (Å²) in [7, 11) is 1.00. The maximum atomic E-state index is 8.00. The molecule has 176 valence electrons. The van der Waals surface area contributed by atoms with Gasteiger partial charge in [-0.3, -0.25) is 4.98 Å². The first-order valence-corrected chi connectivity index (χ1v) is 11.0. The van der Waals surface area contributed by atoms with Gasteiger partial charge in [0, 0.05) is 48.8 Å². The summed E-state index contributed by atoms with van der Waals surface area (Å²) in [6.45, 7) is 2.70. The molecule has 5 aromatic rings. The van der Waals surface area contributed by atoms with Crippen molar-refractivity contribution in [1.82, 2.24) is 9.97 Å². The molecule has 2 heterocycles. The molecular formula is C29H28N4O2. The monoisotopic (exact) mass is 464 g/mol. The van der Waals surface area contributed by atoms with Gasteiger partial charge in [-0.05, 0) is 28.1 Å². The van der Waals surface area contributed by atoms with Crippen molar-refractivity contribution < 1.29 is 9.90 Å². The summed E-state index contributed by atoms with van der Waals surface area (Å²) in [4.78, 5) is 17.1. The van der Waals surface area contributed by atoms with Gasteiger partial charge in [0.2, 0.25) is 0 Å². The van der Waals surface area contributed by atoms with Crippen LogP contribution in [0, 0.1) is 0 Å². The van der Waals surface area contributed by atoms with E-state index in [1.807, 2.05) is 49.5 Å². The molecule has 0 atom stereocenters. The number of rotatable bonds is 5. The Morgan fingerprint density at radius 1 is 0.800 bits per heavy atom. The standard InChI is InChI=1S/C27H22N4.CH4O.CH2O/c28-22-14-21(16-29-17-22)25-18-31-27(30-15-19-8-3-1-4-9-19)26-23(12-7-13-24(25)26)20-10-5-2-6-11-20;2*1-2/h1-14,16-18H,15,28H2,(H,30,31);2H,1H3;1H2. The quantitative estimate of drug-likeness (QED) is 0.314. The highest BCUT2D eigenvalue weighted by Crippen LogP contribution is 2.38. The van der Waals surface area contributed by atoms with Crippen LogP contribution in [0.2, 0.25) is 0 Å². The minimum absolute atomic E-state index is 0.635. The molecule has 0 aliphatic carbocycles. The zero-order chi connectivity index (χ0) is 25.0. The number of aliphatic hydroxyl groups is 1. The molecule has 0 radical (unpaired) electrons. The molecule has 4 N–H and O–H groups in total. The minimum Gasteiger partial charge on any atom is -0.400 e. The fraction of sp³-hybridized carbons (Fsp3) is 0.0690. The topological polar surface area (TPSA) is 101 Å². The van der Waals surface area contributed by atoms with Crippen LogP contribution in [0.5, 0.6) is 0 Å². The molecule has 0 bridgehead atoms. The molecule has 0 fully saturated rings. The van der Waals surface area contributed by atoms with Crippen LogP contribution in [0.4, 0.5) is 11.5 Å². The van der Waals surface area contributed by atoms with Gasteiger partial charge in [0.25, 0.3) is 0 Å². The van der Waals surface area contributed by atoms with Crippen LogP contribution in [-0.2, 0) is 11.3 Å². The first kappa shape index (κ1) is 25.1. The summed E-state index contributed by atoms with van der Waals surface area (Å²) in [6.07, 6.45) is 5.39. The molecule has 3 aromatic carbocycles. The molecule has 0 aliphatic heterocycles. The number of nitrogens with zero attached hydrogens (tertiary/aromatic N) is 2. The summed E-state index contributed by atoms with van der Waals surface area (Å²) in [5.41, 5.74) is 12.1. The van der Waals surface area contributed by atoms with E-state index in [0.717, 1.165) is 46.0 Å². The highest BCUT2D eigenvalue weighted by Gasteiger charge is 2.14. The number of aromatic nitrogens is 2. The van der Waals surface area contributed by atoms with Crippen LogP contribution in [-0.4, -0.2) is 29.0 Å². The molecule has 2 aromatic heterocycles. The van der Waals surface area contributed by atoms with E-state index in [9.17, 15) is 0 Å². The van der Waals surface area contributed by atoms with Crippen molar-refractivity contribution in [2.45, 2.75) is 6.54 Å². The number of anilines is 2. The lowest BCUT2D eigenvalue weighted by molar-refractivity contribution is -0.0979. The lowest BCUT2D eigenvalue weighted by atomic mass is 9.94. The first-order chi connectivity index (χ1) is 17.3. The zero-order valence-electron chi connectivity index (χ0n) is 19.6. The lowest BCUT2D eigenvalue weighted by Crippen LogP contribution is -2.03. The highest BCUT2D eigenvalue weighted by molar-refractivity contribution is 6.09. The Balaban J connectivity index is 0.000000815. The van der Waals surface area contributed by atoms with Crippen LogP contribution in [0.1, 0.15) is 5.56 Å². The maximum Gasteiger partial charge on any atom is 0.134 e. The van der Waals surface area contributed by atoms with Crippen molar-refractivity contribution in [3.8, 4) is 22.3 Å². The van der Waals surface area contributed by atoms with E-state index in [1.54, 1.807) is 6.20 Å². The largest absolute Gasteiger partial charge is 0.400 e. The van der Waals surface area contributed by atoms with E-state index in [0.29, 0.717) is 12.2 Å². The summed E-state index contributed by atoms with van der Waals surface area (Å²) in [6, 6.07) is 29.1. The van der Waals surface area contributed by atoms with Crippen LogP contribution in [0.25, 0.3) is 33.0 Å². The number of hydrogen-bond acceptors (Lipinski definition) is 6. The first-order valence-electron chi connectivity index (χ1n) is 11.0. The third-order valence-electron chi connectivity index (χ3n) is 5.37. The number of nitrogens with two attached hydrogens (primary N) is 1. The molecule has 6 heteroatoms. The number of carbonyl (C=O) groups is 1. The number of benzene rings is 3.